The fraction of sp³-hybridized carbons (Fsp3) is 0.500. The van der Waals surface area contributed by atoms with Crippen molar-refractivity contribution in [1.29, 1.82) is 0 Å². The molecule has 1 aromatic rings. The zero-order chi connectivity index (χ0) is 8.97. The monoisotopic (exact) mass is 166 g/mol. The molecule has 0 amide bonds. The number of nitrogens with zero attached hydrogens (tertiary/aromatic N) is 2. The summed E-state index contributed by atoms with van der Waals surface area (Å²) >= 11 is 0. The third-order valence-electron chi connectivity index (χ3n) is 1.48. The molecule has 0 saturated carbocycles. The minimum absolute atomic E-state index is 0.606. The summed E-state index contributed by atoms with van der Waals surface area (Å²) in [6.07, 6.45) is 2.68. The Morgan fingerprint density at radius 2 is 2.33 bits per heavy atom. The van der Waals surface area contributed by atoms with E-state index in [1.807, 2.05) is 6.92 Å². The quantitative estimate of drug-likeness (QED) is 0.708. The van der Waals surface area contributed by atoms with Gasteiger partial charge in [0, 0.05) is 6.54 Å². The number of nitrogens with one attached hydrogen (secondary N) is 1. The number of anilines is 2. The lowest BCUT2D eigenvalue weighted by Crippen LogP contribution is -2.06. The first-order chi connectivity index (χ1) is 5.74. The zero-order valence-electron chi connectivity index (χ0n) is 7.46. The molecule has 4 heteroatoms. The Labute approximate surface area is 72.2 Å². The van der Waals surface area contributed by atoms with Crippen molar-refractivity contribution in [1.82, 2.24) is 9.97 Å². The van der Waals surface area contributed by atoms with E-state index in [1.54, 1.807) is 6.20 Å². The van der Waals surface area contributed by atoms with Gasteiger partial charge in [0.05, 0.1) is 11.9 Å². The first kappa shape index (κ1) is 8.77. The summed E-state index contributed by atoms with van der Waals surface area (Å²) in [5, 5.41) is 3.13. The molecule has 4 nitrogen and oxygen atoms in total. The largest absolute Gasteiger partial charge is 0.394 e. The van der Waals surface area contributed by atoms with Gasteiger partial charge in [-0.15, -0.1) is 0 Å². The third-order valence-corrected chi connectivity index (χ3v) is 1.48. The molecule has 0 saturated heterocycles. The molecule has 0 fully saturated rings. The standard InChI is InChI=1S/C8H14N4/c1-3-4-10-8-7(9)5-11-6(2)12-8/h5H,3-4,9H2,1-2H3,(H,10,11,12). The van der Waals surface area contributed by atoms with Crippen LogP contribution in [-0.4, -0.2) is 16.5 Å². The predicted octanol–water partition coefficient (Wildman–Crippen LogP) is 1.19. The summed E-state index contributed by atoms with van der Waals surface area (Å²) < 4.78 is 0. The Balaban J connectivity index is 2.75. The van der Waals surface area contributed by atoms with Gasteiger partial charge in [0.15, 0.2) is 5.82 Å². The Morgan fingerprint density at radius 3 is 3.00 bits per heavy atom. The van der Waals surface area contributed by atoms with Gasteiger partial charge in [0.1, 0.15) is 5.82 Å². The van der Waals surface area contributed by atoms with Gasteiger partial charge in [-0.3, -0.25) is 0 Å². The van der Waals surface area contributed by atoms with Crippen molar-refractivity contribution in [3.8, 4) is 0 Å². The van der Waals surface area contributed by atoms with E-state index in [1.165, 1.54) is 0 Å². The van der Waals surface area contributed by atoms with E-state index in [2.05, 4.69) is 22.2 Å². The highest BCUT2D eigenvalue weighted by Gasteiger charge is 1.99. The van der Waals surface area contributed by atoms with Gasteiger partial charge in [-0.05, 0) is 13.3 Å². The average Bonchev–Trinajstić information content (AvgIpc) is 2.07. The van der Waals surface area contributed by atoms with Crippen LogP contribution in [0, 0.1) is 6.92 Å². The summed E-state index contributed by atoms with van der Waals surface area (Å²) in [5.74, 6) is 1.48. The van der Waals surface area contributed by atoms with E-state index in [0.717, 1.165) is 24.6 Å². The maximum Gasteiger partial charge on any atom is 0.152 e. The van der Waals surface area contributed by atoms with Crippen LogP contribution in [-0.2, 0) is 0 Å². The molecule has 3 N–H and O–H groups in total. The van der Waals surface area contributed by atoms with E-state index < -0.39 is 0 Å². The highest BCUT2D eigenvalue weighted by atomic mass is 15.0. The van der Waals surface area contributed by atoms with Crippen LogP contribution < -0.4 is 11.1 Å². The fourth-order valence-corrected chi connectivity index (χ4v) is 0.864. The van der Waals surface area contributed by atoms with Crippen molar-refractivity contribution in [3.05, 3.63) is 12.0 Å². The molecule has 1 heterocycles. The molecule has 0 aromatic carbocycles. The van der Waals surface area contributed by atoms with Crippen molar-refractivity contribution in [2.45, 2.75) is 20.3 Å². The van der Waals surface area contributed by atoms with Gasteiger partial charge in [-0.2, -0.15) is 0 Å². The van der Waals surface area contributed by atoms with Crippen LogP contribution in [0.2, 0.25) is 0 Å². The van der Waals surface area contributed by atoms with Gasteiger partial charge >= 0.3 is 0 Å². The normalized spacial score (nSPS) is 9.83. The molecule has 0 aliphatic carbocycles. The number of nitrogens with two attached hydrogens (primary N) is 1. The second-order valence-electron chi connectivity index (χ2n) is 2.65. The van der Waals surface area contributed by atoms with Crippen LogP contribution in [0.4, 0.5) is 11.5 Å². The van der Waals surface area contributed by atoms with E-state index in [9.17, 15) is 0 Å². The zero-order valence-corrected chi connectivity index (χ0v) is 7.46. The first-order valence-corrected chi connectivity index (χ1v) is 4.07. The van der Waals surface area contributed by atoms with Crippen molar-refractivity contribution >= 4 is 11.5 Å². The van der Waals surface area contributed by atoms with Gasteiger partial charge in [0.25, 0.3) is 0 Å². The topological polar surface area (TPSA) is 63.8 Å². The first-order valence-electron chi connectivity index (χ1n) is 4.07. The van der Waals surface area contributed by atoms with E-state index in [0.29, 0.717) is 5.69 Å². The Bertz CT molecular complexity index is 259. The maximum atomic E-state index is 5.64. The Morgan fingerprint density at radius 1 is 1.58 bits per heavy atom. The minimum atomic E-state index is 0.606. The summed E-state index contributed by atoms with van der Waals surface area (Å²) in [6.45, 7) is 4.83. The van der Waals surface area contributed by atoms with Crippen molar-refractivity contribution < 1.29 is 0 Å². The SMILES string of the molecule is CCCNc1nc(C)ncc1N. The van der Waals surface area contributed by atoms with Crippen LogP contribution >= 0.6 is 0 Å². The summed E-state index contributed by atoms with van der Waals surface area (Å²) in [4.78, 5) is 8.13. The molecule has 0 spiro atoms. The molecule has 0 unspecified atom stereocenters. The highest BCUT2D eigenvalue weighted by molar-refractivity contribution is 5.59. The van der Waals surface area contributed by atoms with Crippen LogP contribution in [0.1, 0.15) is 19.2 Å². The lowest BCUT2D eigenvalue weighted by atomic mass is 10.4. The van der Waals surface area contributed by atoms with Crippen molar-refractivity contribution in [2.24, 2.45) is 0 Å². The Kier molecular flexibility index (Phi) is 2.85. The van der Waals surface area contributed by atoms with Gasteiger partial charge in [0.2, 0.25) is 0 Å². The van der Waals surface area contributed by atoms with Gasteiger partial charge in [-0.25, -0.2) is 9.97 Å². The molecule has 0 aliphatic rings. The van der Waals surface area contributed by atoms with E-state index in [4.69, 9.17) is 5.73 Å². The lowest BCUT2D eigenvalue weighted by molar-refractivity contribution is 0.956. The Hall–Kier alpha value is -1.32. The van der Waals surface area contributed by atoms with E-state index >= 15 is 0 Å². The molecule has 1 rings (SSSR count). The number of rotatable bonds is 3. The number of nitrogen functional groups attached to an aromatic ring is 1. The second kappa shape index (κ2) is 3.90. The highest BCUT2D eigenvalue weighted by Crippen LogP contribution is 2.12. The molecular weight excluding hydrogens is 152 g/mol. The molecule has 1 aromatic heterocycles. The van der Waals surface area contributed by atoms with Crippen LogP contribution in [0.15, 0.2) is 6.20 Å². The average molecular weight is 166 g/mol. The van der Waals surface area contributed by atoms with Crippen LogP contribution in [0.5, 0.6) is 0 Å². The lowest BCUT2D eigenvalue weighted by Gasteiger charge is -2.06. The summed E-state index contributed by atoms with van der Waals surface area (Å²) in [5.41, 5.74) is 6.25. The van der Waals surface area contributed by atoms with E-state index in [-0.39, 0.29) is 0 Å². The van der Waals surface area contributed by atoms with Crippen LogP contribution in [0.3, 0.4) is 0 Å². The molecule has 0 aliphatic heterocycles. The van der Waals surface area contributed by atoms with Crippen molar-refractivity contribution in [3.63, 3.8) is 0 Å². The molecule has 66 valence electrons. The van der Waals surface area contributed by atoms with Crippen LogP contribution in [0.25, 0.3) is 0 Å². The smallest absolute Gasteiger partial charge is 0.152 e. The summed E-state index contributed by atoms with van der Waals surface area (Å²) in [6, 6.07) is 0. The predicted molar refractivity (Wildman–Crippen MR) is 50.0 cm³/mol. The van der Waals surface area contributed by atoms with Crippen molar-refractivity contribution in [2.75, 3.05) is 17.6 Å². The molecule has 0 radical (unpaired) electrons. The number of hydrogen-bond donors (Lipinski definition) is 2. The molecule has 0 atom stereocenters. The minimum Gasteiger partial charge on any atom is -0.394 e. The second-order valence-corrected chi connectivity index (χ2v) is 2.65. The fourth-order valence-electron chi connectivity index (χ4n) is 0.864. The maximum absolute atomic E-state index is 5.64. The molecular formula is C8H14N4. The number of hydrogen-bond acceptors (Lipinski definition) is 4. The van der Waals surface area contributed by atoms with Gasteiger partial charge < -0.3 is 11.1 Å². The summed E-state index contributed by atoms with van der Waals surface area (Å²) in [7, 11) is 0. The van der Waals surface area contributed by atoms with Gasteiger partial charge in [-0.1, -0.05) is 6.92 Å². The molecule has 12 heavy (non-hydrogen) atoms. The number of aromatic nitrogens is 2. The number of aryl methyl sites for hydroxylation is 1. The molecule has 0 bridgehead atoms. The third kappa shape index (κ3) is 2.08.